The van der Waals surface area contributed by atoms with E-state index >= 15 is 0 Å². The Hall–Kier alpha value is -2.16. The van der Waals surface area contributed by atoms with Crippen molar-refractivity contribution in [2.45, 2.75) is 58.7 Å². The summed E-state index contributed by atoms with van der Waals surface area (Å²) in [5.41, 5.74) is 5.71. The van der Waals surface area contributed by atoms with E-state index in [1.807, 2.05) is 0 Å². The van der Waals surface area contributed by atoms with Crippen molar-refractivity contribution in [1.29, 1.82) is 0 Å². The number of rotatable bonds is 10. The van der Waals surface area contributed by atoms with Crippen LogP contribution < -0.4 is 16.4 Å². The van der Waals surface area contributed by atoms with E-state index in [2.05, 4.69) is 10.6 Å². The highest BCUT2D eigenvalue weighted by Crippen LogP contribution is 2.06. The van der Waals surface area contributed by atoms with Gasteiger partial charge in [0, 0.05) is 6.42 Å². The molecular formula is C15H27N3O6. The van der Waals surface area contributed by atoms with Gasteiger partial charge in [-0.05, 0) is 18.3 Å². The first-order valence-corrected chi connectivity index (χ1v) is 7.78. The molecule has 0 aliphatic heterocycles. The van der Waals surface area contributed by atoms with E-state index in [1.165, 1.54) is 0 Å². The van der Waals surface area contributed by atoms with Crippen LogP contribution in [0.15, 0.2) is 0 Å². The van der Waals surface area contributed by atoms with Gasteiger partial charge in [0.1, 0.15) is 12.1 Å². The highest BCUT2D eigenvalue weighted by Gasteiger charge is 2.30. The number of hydrogen-bond donors (Lipinski definition) is 5. The average Bonchev–Trinajstić information content (AvgIpc) is 2.46. The standard InChI is InChI=1S/C15H27N3O6/c1-7(2)11(16)14(22)17-9(5-6-10(19)20)13(21)18-12(8(3)4)15(23)24/h7-9,11-12H,5-6,16H2,1-4H3,(H,17,22)(H,18,21)(H,19,20)(H,23,24). The Bertz CT molecular complexity index is 478. The molecule has 3 atom stereocenters. The molecule has 2 amide bonds. The van der Waals surface area contributed by atoms with Gasteiger partial charge < -0.3 is 26.6 Å². The summed E-state index contributed by atoms with van der Waals surface area (Å²) >= 11 is 0. The summed E-state index contributed by atoms with van der Waals surface area (Å²) in [7, 11) is 0. The third-order valence-corrected chi connectivity index (χ3v) is 3.53. The molecule has 0 saturated heterocycles. The largest absolute Gasteiger partial charge is 0.481 e. The number of carboxylic acids is 2. The lowest BCUT2D eigenvalue weighted by molar-refractivity contribution is -0.144. The highest BCUT2D eigenvalue weighted by molar-refractivity contribution is 5.92. The minimum atomic E-state index is -1.21. The smallest absolute Gasteiger partial charge is 0.326 e. The van der Waals surface area contributed by atoms with Crippen molar-refractivity contribution < 1.29 is 29.4 Å². The van der Waals surface area contributed by atoms with Crippen molar-refractivity contribution in [3.8, 4) is 0 Å². The van der Waals surface area contributed by atoms with Gasteiger partial charge in [-0.25, -0.2) is 4.79 Å². The van der Waals surface area contributed by atoms with E-state index in [-0.39, 0.29) is 24.7 Å². The Morgan fingerprint density at radius 3 is 1.83 bits per heavy atom. The zero-order chi connectivity index (χ0) is 19.0. The second-order valence-electron chi connectivity index (χ2n) is 6.33. The van der Waals surface area contributed by atoms with Crippen LogP contribution in [-0.4, -0.2) is 52.1 Å². The summed E-state index contributed by atoms with van der Waals surface area (Å²) in [5, 5.41) is 22.6. The SMILES string of the molecule is CC(C)C(N)C(=O)NC(CCC(=O)O)C(=O)NC(C(=O)O)C(C)C. The van der Waals surface area contributed by atoms with Gasteiger partial charge in [-0.2, -0.15) is 0 Å². The quantitative estimate of drug-likeness (QED) is 0.358. The molecule has 0 aromatic rings. The molecule has 0 aromatic heterocycles. The number of carbonyl (C=O) groups is 4. The normalized spacial score (nSPS) is 14.8. The Kier molecular flexibility index (Phi) is 8.97. The molecule has 3 unspecified atom stereocenters. The van der Waals surface area contributed by atoms with Crippen LogP contribution in [0.1, 0.15) is 40.5 Å². The summed E-state index contributed by atoms with van der Waals surface area (Å²) in [5.74, 6) is -4.22. The van der Waals surface area contributed by atoms with Crippen LogP contribution in [0, 0.1) is 11.8 Å². The molecule has 0 fully saturated rings. The number of nitrogens with one attached hydrogen (secondary N) is 2. The molecule has 0 aliphatic rings. The minimum absolute atomic E-state index is 0.165. The fourth-order valence-electron chi connectivity index (χ4n) is 1.87. The second kappa shape index (κ2) is 9.86. The third-order valence-electron chi connectivity index (χ3n) is 3.53. The van der Waals surface area contributed by atoms with Gasteiger partial charge >= 0.3 is 11.9 Å². The Labute approximate surface area is 141 Å². The fourth-order valence-corrected chi connectivity index (χ4v) is 1.87. The summed E-state index contributed by atoms with van der Waals surface area (Å²) in [6.45, 7) is 6.71. The number of carboxylic acid groups (broad SMARTS) is 2. The van der Waals surface area contributed by atoms with E-state index in [9.17, 15) is 19.2 Å². The monoisotopic (exact) mass is 345 g/mol. The van der Waals surface area contributed by atoms with E-state index in [1.54, 1.807) is 27.7 Å². The first-order valence-electron chi connectivity index (χ1n) is 7.78. The van der Waals surface area contributed by atoms with Crippen LogP contribution in [-0.2, 0) is 19.2 Å². The number of aliphatic carboxylic acids is 2. The van der Waals surface area contributed by atoms with Gasteiger partial charge in [-0.15, -0.1) is 0 Å². The molecule has 0 rings (SSSR count). The molecule has 0 saturated carbocycles. The molecular weight excluding hydrogens is 318 g/mol. The molecule has 6 N–H and O–H groups in total. The van der Waals surface area contributed by atoms with Gasteiger partial charge in [-0.1, -0.05) is 27.7 Å². The van der Waals surface area contributed by atoms with Crippen molar-refractivity contribution in [2.24, 2.45) is 17.6 Å². The lowest BCUT2D eigenvalue weighted by atomic mass is 10.0. The van der Waals surface area contributed by atoms with Gasteiger partial charge in [0.05, 0.1) is 6.04 Å². The summed E-state index contributed by atoms with van der Waals surface area (Å²) in [4.78, 5) is 46.2. The first-order chi connectivity index (χ1) is 11.0. The van der Waals surface area contributed by atoms with E-state index < -0.39 is 41.9 Å². The van der Waals surface area contributed by atoms with Crippen LogP contribution in [0.2, 0.25) is 0 Å². The van der Waals surface area contributed by atoms with Crippen molar-refractivity contribution in [3.63, 3.8) is 0 Å². The molecule has 0 bridgehead atoms. The molecule has 138 valence electrons. The van der Waals surface area contributed by atoms with Crippen molar-refractivity contribution in [3.05, 3.63) is 0 Å². The van der Waals surface area contributed by atoms with E-state index in [0.717, 1.165) is 0 Å². The van der Waals surface area contributed by atoms with E-state index in [4.69, 9.17) is 15.9 Å². The number of hydrogen-bond acceptors (Lipinski definition) is 5. The van der Waals surface area contributed by atoms with Gasteiger partial charge in [0.25, 0.3) is 0 Å². The minimum Gasteiger partial charge on any atom is -0.481 e. The zero-order valence-corrected chi connectivity index (χ0v) is 14.4. The maximum atomic E-state index is 12.3. The molecule has 0 spiro atoms. The lowest BCUT2D eigenvalue weighted by Crippen LogP contribution is -2.56. The van der Waals surface area contributed by atoms with Crippen LogP contribution in [0.4, 0.5) is 0 Å². The maximum absolute atomic E-state index is 12.3. The van der Waals surface area contributed by atoms with Crippen LogP contribution in [0.25, 0.3) is 0 Å². The number of nitrogens with two attached hydrogens (primary N) is 1. The van der Waals surface area contributed by atoms with Gasteiger partial charge in [0.15, 0.2) is 0 Å². The van der Waals surface area contributed by atoms with Crippen molar-refractivity contribution in [1.82, 2.24) is 10.6 Å². The van der Waals surface area contributed by atoms with Gasteiger partial charge in [-0.3, -0.25) is 14.4 Å². The third kappa shape index (κ3) is 7.40. The summed E-state index contributed by atoms with van der Waals surface area (Å²) < 4.78 is 0. The Morgan fingerprint density at radius 2 is 1.46 bits per heavy atom. The number of amides is 2. The van der Waals surface area contributed by atoms with Crippen molar-refractivity contribution >= 4 is 23.8 Å². The average molecular weight is 345 g/mol. The number of carbonyl (C=O) groups excluding carboxylic acids is 2. The van der Waals surface area contributed by atoms with Crippen LogP contribution in [0.3, 0.4) is 0 Å². The van der Waals surface area contributed by atoms with E-state index in [0.29, 0.717) is 0 Å². The molecule has 0 aromatic carbocycles. The predicted molar refractivity (Wildman–Crippen MR) is 86.0 cm³/mol. The molecule has 9 heteroatoms. The topological polar surface area (TPSA) is 159 Å². The zero-order valence-electron chi connectivity index (χ0n) is 14.4. The van der Waals surface area contributed by atoms with Crippen LogP contribution in [0.5, 0.6) is 0 Å². The molecule has 9 nitrogen and oxygen atoms in total. The lowest BCUT2D eigenvalue weighted by Gasteiger charge is -2.24. The van der Waals surface area contributed by atoms with Crippen LogP contribution >= 0.6 is 0 Å². The maximum Gasteiger partial charge on any atom is 0.326 e. The molecule has 0 radical (unpaired) electrons. The summed E-state index contributed by atoms with van der Waals surface area (Å²) in [6.07, 6.45) is -0.517. The van der Waals surface area contributed by atoms with Crippen molar-refractivity contribution in [2.75, 3.05) is 0 Å². The Morgan fingerprint density at radius 1 is 0.917 bits per heavy atom. The highest BCUT2D eigenvalue weighted by atomic mass is 16.4. The fraction of sp³-hybridized carbons (Fsp3) is 0.733. The molecule has 0 heterocycles. The van der Waals surface area contributed by atoms with Gasteiger partial charge in [0.2, 0.25) is 11.8 Å². The summed E-state index contributed by atoms with van der Waals surface area (Å²) in [6, 6.07) is -3.16. The first kappa shape index (κ1) is 21.8. The Balaban J connectivity index is 5.10. The molecule has 24 heavy (non-hydrogen) atoms. The molecule has 0 aliphatic carbocycles. The predicted octanol–water partition coefficient (Wildman–Crippen LogP) is -0.455. The second-order valence-corrected chi connectivity index (χ2v) is 6.33.